The molecular weight excluding hydrogens is 200 g/mol. The van der Waals surface area contributed by atoms with Crippen LogP contribution in [0.4, 0.5) is 0 Å². The molecule has 0 aliphatic heterocycles. The van der Waals surface area contributed by atoms with E-state index in [0.717, 1.165) is 0 Å². The third-order valence-electron chi connectivity index (χ3n) is 1.40. The fourth-order valence-corrected chi connectivity index (χ4v) is 0.854. The zero-order valence-corrected chi connectivity index (χ0v) is 9.10. The molecule has 5 heteroatoms. The van der Waals surface area contributed by atoms with Crippen LogP contribution >= 0.6 is 0 Å². The standard InChI is InChI=1S/C8H8O4.Ca/c9-6-2-1-5(3-7(6)10)4-8(11)12;/h1-3,9-10H,4H2,(H,11,12);/q;+2. The maximum absolute atomic E-state index is 10.2. The first kappa shape index (κ1) is 12.5. The van der Waals surface area contributed by atoms with Gasteiger partial charge in [-0.15, -0.1) is 0 Å². The van der Waals surface area contributed by atoms with Crippen molar-refractivity contribution < 1.29 is 20.1 Å². The van der Waals surface area contributed by atoms with Gasteiger partial charge in [0.15, 0.2) is 11.5 Å². The maximum atomic E-state index is 10.2. The molecule has 1 aromatic rings. The molecule has 0 spiro atoms. The van der Waals surface area contributed by atoms with E-state index in [9.17, 15) is 4.79 Å². The Morgan fingerprint density at radius 2 is 1.85 bits per heavy atom. The zero-order chi connectivity index (χ0) is 9.14. The summed E-state index contributed by atoms with van der Waals surface area (Å²) in [5, 5.41) is 26.2. The number of aliphatic carboxylic acids is 1. The summed E-state index contributed by atoms with van der Waals surface area (Å²) < 4.78 is 0. The van der Waals surface area contributed by atoms with Gasteiger partial charge in [0.05, 0.1) is 6.42 Å². The van der Waals surface area contributed by atoms with Crippen LogP contribution in [0.1, 0.15) is 5.56 Å². The second-order valence-corrected chi connectivity index (χ2v) is 2.39. The van der Waals surface area contributed by atoms with Crippen molar-refractivity contribution in [2.24, 2.45) is 0 Å². The summed E-state index contributed by atoms with van der Waals surface area (Å²) in [5.74, 6) is -1.52. The van der Waals surface area contributed by atoms with E-state index in [1.54, 1.807) is 0 Å². The van der Waals surface area contributed by atoms with Crippen molar-refractivity contribution in [2.75, 3.05) is 0 Å². The van der Waals surface area contributed by atoms with E-state index in [0.29, 0.717) is 5.56 Å². The summed E-state index contributed by atoms with van der Waals surface area (Å²) in [4.78, 5) is 10.2. The minimum Gasteiger partial charge on any atom is -0.504 e. The number of benzene rings is 1. The first-order valence-electron chi connectivity index (χ1n) is 3.32. The van der Waals surface area contributed by atoms with Gasteiger partial charge in [0.25, 0.3) is 0 Å². The number of carboxylic acids is 1. The molecule has 0 unspecified atom stereocenters. The van der Waals surface area contributed by atoms with Gasteiger partial charge in [0.2, 0.25) is 0 Å². The minimum absolute atomic E-state index is 0. The van der Waals surface area contributed by atoms with Crippen molar-refractivity contribution in [2.45, 2.75) is 6.42 Å². The average Bonchev–Trinajstić information content (AvgIpc) is 1.96. The van der Waals surface area contributed by atoms with Crippen LogP contribution < -0.4 is 0 Å². The summed E-state index contributed by atoms with van der Waals surface area (Å²) in [6.07, 6.45) is -0.159. The molecule has 1 rings (SSSR count). The van der Waals surface area contributed by atoms with Gasteiger partial charge in [-0.1, -0.05) is 6.07 Å². The van der Waals surface area contributed by atoms with E-state index in [1.165, 1.54) is 18.2 Å². The molecule has 0 amide bonds. The number of aromatic hydroxyl groups is 2. The molecular formula is C8H8CaO4+2. The molecule has 64 valence electrons. The molecule has 0 aliphatic carbocycles. The fraction of sp³-hybridized carbons (Fsp3) is 0.125. The second kappa shape index (κ2) is 5.32. The number of phenolic OH excluding ortho intramolecular Hbond substituents is 2. The van der Waals surface area contributed by atoms with Crippen LogP contribution in [0, 0.1) is 0 Å². The Hall–Kier alpha value is -0.450. The van der Waals surface area contributed by atoms with Crippen molar-refractivity contribution in [3.05, 3.63) is 23.8 Å². The van der Waals surface area contributed by atoms with Gasteiger partial charge in [-0.2, -0.15) is 0 Å². The normalized spacial score (nSPS) is 8.92. The Morgan fingerprint density at radius 3 is 2.31 bits per heavy atom. The molecule has 0 radical (unpaired) electrons. The van der Waals surface area contributed by atoms with Crippen molar-refractivity contribution >= 4 is 43.7 Å². The fourth-order valence-electron chi connectivity index (χ4n) is 0.854. The van der Waals surface area contributed by atoms with Crippen LogP contribution in [0.2, 0.25) is 0 Å². The van der Waals surface area contributed by atoms with E-state index in [-0.39, 0.29) is 55.7 Å². The molecule has 0 saturated heterocycles. The summed E-state index contributed by atoms with van der Waals surface area (Å²) in [5.41, 5.74) is 0.456. The Kier molecular flexibility index (Phi) is 5.13. The third kappa shape index (κ3) is 3.85. The maximum Gasteiger partial charge on any atom is 2.00 e. The number of carbonyl (C=O) groups is 1. The largest absolute Gasteiger partial charge is 2.00 e. The Balaban J connectivity index is 0.00000144. The van der Waals surface area contributed by atoms with Crippen LogP contribution in [-0.4, -0.2) is 59.0 Å². The first-order chi connectivity index (χ1) is 5.59. The number of hydrogen-bond acceptors (Lipinski definition) is 3. The Labute approximate surface area is 105 Å². The van der Waals surface area contributed by atoms with Gasteiger partial charge in [0, 0.05) is 0 Å². The van der Waals surface area contributed by atoms with Gasteiger partial charge in [-0.25, -0.2) is 0 Å². The summed E-state index contributed by atoms with van der Waals surface area (Å²) in [7, 11) is 0. The van der Waals surface area contributed by atoms with Crippen LogP contribution in [-0.2, 0) is 11.2 Å². The van der Waals surface area contributed by atoms with Crippen molar-refractivity contribution in [1.82, 2.24) is 0 Å². The van der Waals surface area contributed by atoms with Crippen molar-refractivity contribution in [3.63, 3.8) is 0 Å². The third-order valence-corrected chi connectivity index (χ3v) is 1.40. The average molecular weight is 208 g/mol. The van der Waals surface area contributed by atoms with Gasteiger partial charge in [0.1, 0.15) is 0 Å². The van der Waals surface area contributed by atoms with E-state index >= 15 is 0 Å². The molecule has 13 heavy (non-hydrogen) atoms. The van der Waals surface area contributed by atoms with Crippen LogP contribution in [0.5, 0.6) is 11.5 Å². The number of rotatable bonds is 2. The van der Waals surface area contributed by atoms with E-state index in [4.69, 9.17) is 15.3 Å². The van der Waals surface area contributed by atoms with Crippen LogP contribution in [0.25, 0.3) is 0 Å². The molecule has 0 saturated carbocycles. The topological polar surface area (TPSA) is 77.8 Å². The molecule has 0 aliphatic rings. The van der Waals surface area contributed by atoms with Crippen LogP contribution in [0.15, 0.2) is 18.2 Å². The number of carboxylic acid groups (broad SMARTS) is 1. The second-order valence-electron chi connectivity index (χ2n) is 2.39. The summed E-state index contributed by atoms with van der Waals surface area (Å²) in [6, 6.07) is 3.93. The van der Waals surface area contributed by atoms with Gasteiger partial charge < -0.3 is 15.3 Å². The van der Waals surface area contributed by atoms with E-state index in [1.807, 2.05) is 0 Å². The zero-order valence-electron chi connectivity index (χ0n) is 6.90. The summed E-state index contributed by atoms with van der Waals surface area (Å²) >= 11 is 0. The van der Waals surface area contributed by atoms with Crippen molar-refractivity contribution in [1.29, 1.82) is 0 Å². The van der Waals surface area contributed by atoms with Crippen molar-refractivity contribution in [3.8, 4) is 11.5 Å². The van der Waals surface area contributed by atoms with E-state index in [2.05, 4.69) is 0 Å². The van der Waals surface area contributed by atoms with E-state index < -0.39 is 5.97 Å². The molecule has 3 N–H and O–H groups in total. The molecule has 0 bridgehead atoms. The van der Waals surface area contributed by atoms with Crippen LogP contribution in [0.3, 0.4) is 0 Å². The number of hydrogen-bond donors (Lipinski definition) is 3. The molecule has 0 heterocycles. The minimum atomic E-state index is -0.972. The predicted octanol–water partition coefficient (Wildman–Crippen LogP) is 0.344. The predicted molar refractivity (Wildman–Crippen MR) is 46.9 cm³/mol. The smallest absolute Gasteiger partial charge is 0.504 e. The Morgan fingerprint density at radius 1 is 1.23 bits per heavy atom. The molecule has 4 nitrogen and oxygen atoms in total. The molecule has 0 aromatic heterocycles. The van der Waals surface area contributed by atoms with Gasteiger partial charge >= 0.3 is 43.7 Å². The number of phenols is 2. The van der Waals surface area contributed by atoms with Gasteiger partial charge in [-0.3, -0.25) is 4.79 Å². The Bertz CT molecular complexity index is 311. The van der Waals surface area contributed by atoms with Gasteiger partial charge in [-0.05, 0) is 17.7 Å². The molecule has 0 atom stereocenters. The molecule has 1 aromatic carbocycles. The monoisotopic (exact) mass is 208 g/mol. The SMILES string of the molecule is O=C(O)Cc1ccc(O)c(O)c1.[Ca+2]. The summed E-state index contributed by atoms with van der Waals surface area (Å²) in [6.45, 7) is 0. The molecule has 0 fully saturated rings. The quantitative estimate of drug-likeness (QED) is 0.484. The first-order valence-corrected chi connectivity index (χ1v) is 3.32.